The molecular weight excluding hydrogens is 260 g/mol. The lowest BCUT2D eigenvalue weighted by molar-refractivity contribution is -0.141. The Kier molecular flexibility index (Phi) is 4.08. The Bertz CT molecular complexity index is 686. The average Bonchev–Trinajstić information content (AvgIpc) is 2.45. The minimum absolute atomic E-state index is 0.0314. The highest BCUT2D eigenvalue weighted by Crippen LogP contribution is 2.33. The fourth-order valence-electron chi connectivity index (χ4n) is 2.24. The van der Waals surface area contributed by atoms with Gasteiger partial charge in [0.25, 0.3) is 0 Å². The van der Waals surface area contributed by atoms with E-state index in [1.54, 1.807) is 24.3 Å². The summed E-state index contributed by atoms with van der Waals surface area (Å²) in [6.45, 7) is 1.83. The predicted molar refractivity (Wildman–Crippen MR) is 73.8 cm³/mol. The maximum atomic E-state index is 12.0. The molecule has 0 saturated heterocycles. The Morgan fingerprint density at radius 2 is 2.10 bits per heavy atom. The first-order valence-corrected chi connectivity index (χ1v) is 6.40. The van der Waals surface area contributed by atoms with Gasteiger partial charge >= 0.3 is 11.6 Å². The molecule has 1 atom stereocenters. The third kappa shape index (κ3) is 2.52. The Balaban J connectivity index is 2.57. The van der Waals surface area contributed by atoms with Crippen LogP contribution >= 0.6 is 0 Å². The number of hydrogen-bond acceptors (Lipinski definition) is 5. The molecule has 106 valence electrons. The molecule has 0 fully saturated rings. The maximum Gasteiger partial charge on any atom is 0.343 e. The molecule has 0 amide bonds. The van der Waals surface area contributed by atoms with Crippen molar-refractivity contribution in [1.29, 1.82) is 0 Å². The summed E-state index contributed by atoms with van der Waals surface area (Å²) in [6.07, 6.45) is 0.551. The van der Waals surface area contributed by atoms with Crippen LogP contribution in [0.5, 0.6) is 5.75 Å². The number of carbonyl (C=O) groups excluding carboxylic acids is 1. The van der Waals surface area contributed by atoms with Crippen LogP contribution in [0.2, 0.25) is 0 Å². The molecule has 2 aromatic rings. The monoisotopic (exact) mass is 276 g/mol. The average molecular weight is 276 g/mol. The van der Waals surface area contributed by atoms with Crippen molar-refractivity contribution in [1.82, 2.24) is 0 Å². The molecule has 0 spiro atoms. The van der Waals surface area contributed by atoms with Gasteiger partial charge in [-0.15, -0.1) is 0 Å². The van der Waals surface area contributed by atoms with E-state index in [0.717, 1.165) is 0 Å². The summed E-state index contributed by atoms with van der Waals surface area (Å²) < 4.78 is 9.82. The number of para-hydroxylation sites is 1. The summed E-state index contributed by atoms with van der Waals surface area (Å²) in [4.78, 5) is 23.4. The topological polar surface area (TPSA) is 76.7 Å². The second-order valence-electron chi connectivity index (χ2n) is 4.53. The fourth-order valence-corrected chi connectivity index (χ4v) is 2.24. The van der Waals surface area contributed by atoms with Crippen LogP contribution in [-0.4, -0.2) is 18.2 Å². The number of ether oxygens (including phenoxy) is 1. The van der Waals surface area contributed by atoms with Crippen LogP contribution in [0.1, 0.15) is 31.2 Å². The lowest BCUT2D eigenvalue weighted by Crippen LogP contribution is -2.16. The Labute approximate surface area is 115 Å². The van der Waals surface area contributed by atoms with Gasteiger partial charge in [0.15, 0.2) is 0 Å². The van der Waals surface area contributed by atoms with E-state index in [9.17, 15) is 14.7 Å². The molecule has 0 saturated carbocycles. The summed E-state index contributed by atoms with van der Waals surface area (Å²) in [7, 11) is 1.29. The van der Waals surface area contributed by atoms with E-state index >= 15 is 0 Å². The van der Waals surface area contributed by atoms with Crippen LogP contribution in [0.15, 0.2) is 33.5 Å². The van der Waals surface area contributed by atoms with E-state index in [1.165, 1.54) is 7.11 Å². The normalized spacial score (nSPS) is 12.3. The zero-order valence-corrected chi connectivity index (χ0v) is 11.4. The van der Waals surface area contributed by atoms with Crippen molar-refractivity contribution in [2.24, 2.45) is 0 Å². The number of carbonyl (C=O) groups is 1. The molecular formula is C15H16O5. The number of rotatable bonds is 4. The number of hydrogen-bond donors (Lipinski definition) is 1. The number of benzene rings is 1. The molecule has 0 bridgehead atoms. The maximum absolute atomic E-state index is 12.0. The quantitative estimate of drug-likeness (QED) is 0.686. The van der Waals surface area contributed by atoms with Crippen molar-refractivity contribution < 1.29 is 19.1 Å². The van der Waals surface area contributed by atoms with Crippen molar-refractivity contribution in [3.63, 3.8) is 0 Å². The van der Waals surface area contributed by atoms with E-state index in [4.69, 9.17) is 4.42 Å². The van der Waals surface area contributed by atoms with Crippen molar-refractivity contribution in [3.8, 4) is 5.75 Å². The van der Waals surface area contributed by atoms with E-state index in [1.807, 2.05) is 6.92 Å². The van der Waals surface area contributed by atoms with Gasteiger partial charge < -0.3 is 14.3 Å². The number of methoxy groups -OCH3 is 1. The summed E-state index contributed by atoms with van der Waals surface area (Å²) >= 11 is 0. The van der Waals surface area contributed by atoms with Gasteiger partial charge in [0, 0.05) is 5.92 Å². The van der Waals surface area contributed by atoms with Crippen molar-refractivity contribution in [2.45, 2.75) is 25.7 Å². The molecule has 0 radical (unpaired) electrons. The first-order chi connectivity index (χ1) is 9.58. The summed E-state index contributed by atoms with van der Waals surface area (Å²) in [6, 6.07) is 6.74. The Morgan fingerprint density at radius 1 is 1.40 bits per heavy atom. The van der Waals surface area contributed by atoms with Gasteiger partial charge in [-0.2, -0.15) is 0 Å². The Hall–Kier alpha value is -2.30. The minimum Gasteiger partial charge on any atom is -0.507 e. The van der Waals surface area contributed by atoms with Gasteiger partial charge in [0.05, 0.1) is 24.5 Å². The predicted octanol–water partition coefficient (Wildman–Crippen LogP) is 2.56. The molecule has 0 unspecified atom stereocenters. The van der Waals surface area contributed by atoms with Crippen molar-refractivity contribution in [2.75, 3.05) is 7.11 Å². The SMILES string of the molecule is CC[C@H](CC(=O)OC)c1c(O)c2ccccc2oc1=O. The highest BCUT2D eigenvalue weighted by atomic mass is 16.5. The van der Waals surface area contributed by atoms with Gasteiger partial charge in [0.1, 0.15) is 11.3 Å². The Morgan fingerprint density at radius 3 is 2.75 bits per heavy atom. The molecule has 1 N–H and O–H groups in total. The van der Waals surface area contributed by atoms with Gasteiger partial charge in [0.2, 0.25) is 0 Å². The van der Waals surface area contributed by atoms with Crippen LogP contribution < -0.4 is 5.63 Å². The summed E-state index contributed by atoms with van der Waals surface area (Å²) in [5.74, 6) is -0.972. The third-order valence-electron chi connectivity index (χ3n) is 3.36. The summed E-state index contributed by atoms with van der Waals surface area (Å²) in [5, 5.41) is 10.8. The molecule has 0 aliphatic carbocycles. The molecule has 0 aliphatic heterocycles. The number of esters is 1. The van der Waals surface area contributed by atoms with Crippen LogP contribution in [0.25, 0.3) is 11.0 Å². The zero-order chi connectivity index (χ0) is 14.7. The van der Waals surface area contributed by atoms with Crippen molar-refractivity contribution in [3.05, 3.63) is 40.2 Å². The zero-order valence-electron chi connectivity index (χ0n) is 11.4. The van der Waals surface area contributed by atoms with E-state index in [2.05, 4.69) is 4.74 Å². The van der Waals surface area contributed by atoms with Gasteiger partial charge in [-0.3, -0.25) is 4.79 Å². The number of aromatic hydroxyl groups is 1. The van der Waals surface area contributed by atoms with Gasteiger partial charge in [-0.1, -0.05) is 19.1 Å². The molecule has 0 aliphatic rings. The van der Waals surface area contributed by atoms with Crippen LogP contribution in [0, 0.1) is 0 Å². The first kappa shape index (κ1) is 14.1. The van der Waals surface area contributed by atoms with E-state index in [0.29, 0.717) is 17.4 Å². The van der Waals surface area contributed by atoms with Crippen LogP contribution in [0.4, 0.5) is 0 Å². The molecule has 5 nitrogen and oxygen atoms in total. The molecule has 5 heteroatoms. The lowest BCUT2D eigenvalue weighted by atomic mass is 9.93. The minimum atomic E-state index is -0.614. The molecule has 20 heavy (non-hydrogen) atoms. The van der Waals surface area contributed by atoms with Crippen molar-refractivity contribution >= 4 is 16.9 Å². The lowest BCUT2D eigenvalue weighted by Gasteiger charge is -2.14. The van der Waals surface area contributed by atoms with Crippen LogP contribution in [0.3, 0.4) is 0 Å². The van der Waals surface area contributed by atoms with E-state index in [-0.39, 0.29) is 17.7 Å². The first-order valence-electron chi connectivity index (χ1n) is 6.40. The smallest absolute Gasteiger partial charge is 0.343 e. The molecule has 1 heterocycles. The molecule has 1 aromatic heterocycles. The molecule has 1 aromatic carbocycles. The van der Waals surface area contributed by atoms with Gasteiger partial charge in [-0.05, 0) is 18.6 Å². The standard InChI is InChI=1S/C15H16O5/c1-3-9(8-12(16)19-2)13-14(17)10-6-4-5-7-11(10)20-15(13)18/h4-7,9,17H,3,8H2,1-2H3/t9-/m1/s1. The number of fused-ring (bicyclic) bond motifs is 1. The summed E-state index contributed by atoms with van der Waals surface area (Å²) in [5.41, 5.74) is -0.153. The second-order valence-corrected chi connectivity index (χ2v) is 4.53. The highest BCUT2D eigenvalue weighted by Gasteiger charge is 2.24. The van der Waals surface area contributed by atoms with Crippen LogP contribution in [-0.2, 0) is 9.53 Å². The van der Waals surface area contributed by atoms with Gasteiger partial charge in [-0.25, -0.2) is 4.79 Å². The molecule has 2 rings (SSSR count). The van der Waals surface area contributed by atoms with E-state index < -0.39 is 17.5 Å². The fraction of sp³-hybridized carbons (Fsp3) is 0.333. The second kappa shape index (κ2) is 5.77. The largest absolute Gasteiger partial charge is 0.507 e. The highest BCUT2D eigenvalue weighted by molar-refractivity contribution is 5.84. The third-order valence-corrected chi connectivity index (χ3v) is 3.36.